The van der Waals surface area contributed by atoms with Gasteiger partial charge in [0.05, 0.1) is 0 Å². The van der Waals surface area contributed by atoms with Crippen molar-refractivity contribution >= 4 is 11.3 Å². The summed E-state index contributed by atoms with van der Waals surface area (Å²) in [6.07, 6.45) is 5.55. The van der Waals surface area contributed by atoms with Crippen LogP contribution in [0.3, 0.4) is 0 Å². The highest BCUT2D eigenvalue weighted by atomic mass is 32.1. The van der Waals surface area contributed by atoms with Crippen LogP contribution in [0.25, 0.3) is 0 Å². The molecule has 0 radical (unpaired) electrons. The van der Waals surface area contributed by atoms with E-state index in [4.69, 9.17) is 0 Å². The van der Waals surface area contributed by atoms with Crippen molar-refractivity contribution in [2.45, 2.75) is 39.2 Å². The monoisotopic (exact) mass is 280 g/mol. The third-order valence-electron chi connectivity index (χ3n) is 4.50. The maximum atomic E-state index is 3.43. The van der Waals surface area contributed by atoms with Gasteiger partial charge in [0, 0.05) is 24.5 Å². The van der Waals surface area contributed by atoms with Gasteiger partial charge in [0.2, 0.25) is 0 Å². The second-order valence-electron chi connectivity index (χ2n) is 6.46. The molecule has 19 heavy (non-hydrogen) atoms. The number of thiophene rings is 1. The van der Waals surface area contributed by atoms with Gasteiger partial charge in [-0.2, -0.15) is 0 Å². The molecule has 1 N–H and O–H groups in total. The molecular weight excluding hydrogens is 252 g/mol. The molecule has 0 saturated heterocycles. The van der Waals surface area contributed by atoms with Gasteiger partial charge in [0.1, 0.15) is 0 Å². The highest BCUT2D eigenvalue weighted by molar-refractivity contribution is 7.09. The average molecular weight is 280 g/mol. The van der Waals surface area contributed by atoms with Crippen LogP contribution in [-0.4, -0.2) is 32.1 Å². The van der Waals surface area contributed by atoms with Gasteiger partial charge in [-0.05, 0) is 49.7 Å². The zero-order chi connectivity index (χ0) is 13.7. The van der Waals surface area contributed by atoms with Gasteiger partial charge < -0.3 is 10.2 Å². The number of hydrogen-bond donors (Lipinski definition) is 1. The molecule has 108 valence electrons. The van der Waals surface area contributed by atoms with E-state index >= 15 is 0 Å². The van der Waals surface area contributed by atoms with Crippen LogP contribution >= 0.6 is 11.3 Å². The molecule has 2 nitrogen and oxygen atoms in total. The fourth-order valence-corrected chi connectivity index (χ4v) is 4.22. The largest absolute Gasteiger partial charge is 0.319 e. The minimum atomic E-state index is 0.493. The molecule has 0 amide bonds. The van der Waals surface area contributed by atoms with Crippen LogP contribution in [0.1, 0.15) is 37.5 Å². The van der Waals surface area contributed by atoms with Crippen LogP contribution in [0.4, 0.5) is 0 Å². The quantitative estimate of drug-likeness (QED) is 0.856. The molecule has 1 saturated carbocycles. The van der Waals surface area contributed by atoms with Crippen molar-refractivity contribution in [2.24, 2.45) is 11.3 Å². The molecule has 3 heteroatoms. The SMILES string of the molecule is CNCC1(CN(C)Cc2cccs2)CCC(C)CC1. The molecular formula is C16H28N2S. The number of nitrogens with one attached hydrogen (secondary N) is 1. The summed E-state index contributed by atoms with van der Waals surface area (Å²) >= 11 is 1.87. The second-order valence-corrected chi connectivity index (χ2v) is 7.50. The number of hydrogen-bond acceptors (Lipinski definition) is 3. The first-order valence-electron chi connectivity index (χ1n) is 7.49. The van der Waals surface area contributed by atoms with Crippen molar-refractivity contribution in [3.05, 3.63) is 22.4 Å². The molecule has 0 unspecified atom stereocenters. The number of nitrogens with zero attached hydrogens (tertiary/aromatic N) is 1. The molecule has 1 heterocycles. The van der Waals surface area contributed by atoms with Gasteiger partial charge in [-0.3, -0.25) is 0 Å². The van der Waals surface area contributed by atoms with E-state index in [0.29, 0.717) is 5.41 Å². The molecule has 1 fully saturated rings. The molecule has 0 spiro atoms. The van der Waals surface area contributed by atoms with Crippen molar-refractivity contribution < 1.29 is 0 Å². The minimum Gasteiger partial charge on any atom is -0.319 e. The molecule has 2 rings (SSSR count). The van der Waals surface area contributed by atoms with Gasteiger partial charge in [-0.1, -0.05) is 25.8 Å². The van der Waals surface area contributed by atoms with Gasteiger partial charge in [0.15, 0.2) is 0 Å². The summed E-state index contributed by atoms with van der Waals surface area (Å²) in [6, 6.07) is 4.40. The molecule has 1 aliphatic carbocycles. The van der Waals surface area contributed by atoms with E-state index in [1.54, 1.807) is 0 Å². The van der Waals surface area contributed by atoms with Crippen LogP contribution in [-0.2, 0) is 6.54 Å². The summed E-state index contributed by atoms with van der Waals surface area (Å²) in [5, 5.41) is 5.61. The summed E-state index contributed by atoms with van der Waals surface area (Å²) in [5.41, 5.74) is 0.493. The lowest BCUT2D eigenvalue weighted by Crippen LogP contribution is -2.44. The molecule has 0 aliphatic heterocycles. The fourth-order valence-electron chi connectivity index (χ4n) is 3.44. The Bertz CT molecular complexity index is 353. The van der Waals surface area contributed by atoms with E-state index in [-0.39, 0.29) is 0 Å². The van der Waals surface area contributed by atoms with Gasteiger partial charge in [-0.15, -0.1) is 11.3 Å². The van der Waals surface area contributed by atoms with Crippen LogP contribution in [0.2, 0.25) is 0 Å². The van der Waals surface area contributed by atoms with Crippen molar-refractivity contribution in [1.29, 1.82) is 0 Å². The van der Waals surface area contributed by atoms with Gasteiger partial charge in [-0.25, -0.2) is 0 Å². The van der Waals surface area contributed by atoms with Crippen LogP contribution < -0.4 is 5.32 Å². The topological polar surface area (TPSA) is 15.3 Å². The molecule has 1 aromatic heterocycles. The first kappa shape index (κ1) is 15.0. The first-order valence-corrected chi connectivity index (χ1v) is 8.37. The molecule has 0 bridgehead atoms. The Morgan fingerprint density at radius 3 is 2.74 bits per heavy atom. The van der Waals surface area contributed by atoms with Crippen molar-refractivity contribution in [3.8, 4) is 0 Å². The summed E-state index contributed by atoms with van der Waals surface area (Å²) < 4.78 is 0. The maximum absolute atomic E-state index is 3.43. The van der Waals surface area contributed by atoms with Crippen molar-refractivity contribution in [3.63, 3.8) is 0 Å². The Kier molecular flexibility index (Phi) is 5.43. The van der Waals surface area contributed by atoms with Gasteiger partial charge >= 0.3 is 0 Å². The lowest BCUT2D eigenvalue weighted by Gasteiger charge is -2.42. The Morgan fingerprint density at radius 1 is 1.42 bits per heavy atom. The van der Waals surface area contributed by atoms with Crippen molar-refractivity contribution in [1.82, 2.24) is 10.2 Å². The van der Waals surface area contributed by atoms with Crippen LogP contribution in [0.15, 0.2) is 17.5 Å². The normalized spacial score (nSPS) is 27.9. The van der Waals surface area contributed by atoms with E-state index < -0.39 is 0 Å². The van der Waals surface area contributed by atoms with Crippen LogP contribution in [0, 0.1) is 11.3 Å². The fraction of sp³-hybridized carbons (Fsp3) is 0.750. The van der Waals surface area contributed by atoms with E-state index in [9.17, 15) is 0 Å². The highest BCUT2D eigenvalue weighted by Crippen LogP contribution is 2.39. The van der Waals surface area contributed by atoms with E-state index in [2.05, 4.69) is 48.7 Å². The molecule has 0 atom stereocenters. The average Bonchev–Trinajstić information content (AvgIpc) is 2.86. The summed E-state index contributed by atoms with van der Waals surface area (Å²) in [7, 11) is 4.37. The predicted molar refractivity (Wildman–Crippen MR) is 84.6 cm³/mol. The minimum absolute atomic E-state index is 0.493. The van der Waals surface area contributed by atoms with Gasteiger partial charge in [0.25, 0.3) is 0 Å². The van der Waals surface area contributed by atoms with Crippen LogP contribution in [0.5, 0.6) is 0 Å². The molecule has 1 aromatic rings. The molecule has 0 aromatic carbocycles. The van der Waals surface area contributed by atoms with E-state index in [1.807, 2.05) is 11.3 Å². The predicted octanol–water partition coefficient (Wildman–Crippen LogP) is 3.60. The second kappa shape index (κ2) is 6.87. The first-order chi connectivity index (χ1) is 9.13. The maximum Gasteiger partial charge on any atom is 0.0325 e. The Hall–Kier alpha value is -0.380. The molecule has 1 aliphatic rings. The van der Waals surface area contributed by atoms with Crippen molar-refractivity contribution in [2.75, 3.05) is 27.2 Å². The summed E-state index contributed by atoms with van der Waals surface area (Å²) in [4.78, 5) is 3.99. The third-order valence-corrected chi connectivity index (χ3v) is 5.36. The van der Waals surface area contributed by atoms with E-state index in [0.717, 1.165) is 19.0 Å². The highest BCUT2D eigenvalue weighted by Gasteiger charge is 2.34. The lowest BCUT2D eigenvalue weighted by molar-refractivity contribution is 0.0984. The zero-order valence-electron chi connectivity index (χ0n) is 12.6. The zero-order valence-corrected chi connectivity index (χ0v) is 13.4. The smallest absolute Gasteiger partial charge is 0.0325 e. The van der Waals surface area contributed by atoms with E-state index in [1.165, 1.54) is 37.1 Å². The Balaban J connectivity index is 1.92. The number of rotatable bonds is 6. The Morgan fingerprint density at radius 2 is 2.16 bits per heavy atom. The summed E-state index contributed by atoms with van der Waals surface area (Å²) in [6.45, 7) is 5.88. The third kappa shape index (κ3) is 4.30. The Labute approximate surface area is 122 Å². The summed E-state index contributed by atoms with van der Waals surface area (Å²) in [5.74, 6) is 0.924. The lowest BCUT2D eigenvalue weighted by atomic mass is 9.70. The standard InChI is InChI=1S/C16H28N2S/c1-14-6-8-16(9-7-14,12-17-2)13-18(3)11-15-5-4-10-19-15/h4-5,10,14,17H,6-9,11-13H2,1-3H3.